The third-order valence-electron chi connectivity index (χ3n) is 5.44. The van der Waals surface area contributed by atoms with E-state index in [0.29, 0.717) is 0 Å². The molecule has 0 aromatic rings. The Bertz CT molecular complexity index is 316. The fourth-order valence-corrected chi connectivity index (χ4v) is 4.02. The van der Waals surface area contributed by atoms with Crippen LogP contribution in [0.2, 0.25) is 0 Å². The summed E-state index contributed by atoms with van der Waals surface area (Å²) in [4.78, 5) is 20.3. The fourth-order valence-electron chi connectivity index (χ4n) is 4.02. The third-order valence-corrected chi connectivity index (χ3v) is 5.44. The molecule has 0 aliphatic heterocycles. The van der Waals surface area contributed by atoms with Crippen LogP contribution >= 0.6 is 0 Å². The molecule has 1 N–H and O–H groups in total. The molecule has 0 heterocycles. The Balaban J connectivity index is 0. The van der Waals surface area contributed by atoms with Gasteiger partial charge in [-0.15, -0.1) is 0 Å². The van der Waals surface area contributed by atoms with Gasteiger partial charge in [0.15, 0.2) is 0 Å². The number of hydrogen-bond donors (Lipinski definition) is 0. The number of carboxylic acid groups (broad SMARTS) is 2. The quantitative estimate of drug-likeness (QED) is 0.599. The van der Waals surface area contributed by atoms with Crippen LogP contribution in [0.5, 0.6) is 0 Å². The van der Waals surface area contributed by atoms with Gasteiger partial charge in [0, 0.05) is 11.9 Å². The number of carbonyl (C=O) groups is 2. The van der Waals surface area contributed by atoms with E-state index in [1.54, 1.807) is 0 Å². The van der Waals surface area contributed by atoms with Crippen LogP contribution in [0.4, 0.5) is 0 Å². The van der Waals surface area contributed by atoms with E-state index in [1.165, 1.54) is 64.2 Å². The van der Waals surface area contributed by atoms with E-state index < -0.39 is 11.9 Å². The smallest absolute Gasteiger partial charge is 0.870 e. The summed E-state index contributed by atoms with van der Waals surface area (Å²) in [5.74, 6) is -0.187. The SMILES string of the molecule is O=C([O-])CCCC1CCCCC1.O=C([O-])CCCC1CCCCC1.[Al+3].[OH-]. The third kappa shape index (κ3) is 15.7. The minimum atomic E-state index is -0.897. The molecule has 5 nitrogen and oxygen atoms in total. The molecule has 0 atom stereocenters. The van der Waals surface area contributed by atoms with E-state index in [2.05, 4.69) is 0 Å². The van der Waals surface area contributed by atoms with E-state index in [1.807, 2.05) is 0 Å². The molecule has 148 valence electrons. The van der Waals surface area contributed by atoms with E-state index in [0.717, 1.165) is 37.5 Å². The van der Waals surface area contributed by atoms with Crippen molar-refractivity contribution < 1.29 is 25.3 Å². The molecule has 2 rings (SSSR count). The molecule has 6 heteroatoms. The van der Waals surface area contributed by atoms with Gasteiger partial charge in [-0.05, 0) is 37.5 Å². The first-order valence-corrected chi connectivity index (χ1v) is 9.97. The van der Waals surface area contributed by atoms with Crippen molar-refractivity contribution in [2.24, 2.45) is 11.8 Å². The van der Waals surface area contributed by atoms with Crippen molar-refractivity contribution in [2.75, 3.05) is 0 Å². The number of aliphatic carboxylic acids is 2. The second-order valence-electron chi connectivity index (χ2n) is 7.54. The van der Waals surface area contributed by atoms with E-state index in [-0.39, 0.29) is 35.7 Å². The molecule has 0 spiro atoms. The molecule has 0 unspecified atom stereocenters. The van der Waals surface area contributed by atoms with Gasteiger partial charge in [0.1, 0.15) is 0 Å². The minimum absolute atomic E-state index is 0. The van der Waals surface area contributed by atoms with Crippen LogP contribution in [0.15, 0.2) is 0 Å². The predicted molar refractivity (Wildman–Crippen MR) is 98.6 cm³/mol. The molecule has 0 bridgehead atoms. The van der Waals surface area contributed by atoms with E-state index in [4.69, 9.17) is 0 Å². The summed E-state index contributed by atoms with van der Waals surface area (Å²) in [5, 5.41) is 20.3. The zero-order valence-corrected chi connectivity index (χ0v) is 17.3. The maximum absolute atomic E-state index is 10.1. The fraction of sp³-hybridized carbons (Fsp3) is 0.900. The summed E-state index contributed by atoms with van der Waals surface area (Å²) in [6.45, 7) is 0. The molecule has 2 fully saturated rings. The second-order valence-corrected chi connectivity index (χ2v) is 7.54. The van der Waals surface area contributed by atoms with E-state index >= 15 is 0 Å². The Morgan fingerprint density at radius 1 is 0.654 bits per heavy atom. The van der Waals surface area contributed by atoms with Crippen molar-refractivity contribution in [1.29, 1.82) is 0 Å². The molecular weight excluding hydrogens is 347 g/mol. The molecule has 0 saturated heterocycles. The van der Waals surface area contributed by atoms with Crippen molar-refractivity contribution in [3.8, 4) is 0 Å². The van der Waals surface area contributed by atoms with Crippen LogP contribution in [-0.2, 0) is 9.59 Å². The van der Waals surface area contributed by atoms with Gasteiger partial charge in [0.2, 0.25) is 0 Å². The summed E-state index contributed by atoms with van der Waals surface area (Å²) >= 11 is 0. The van der Waals surface area contributed by atoms with Gasteiger partial charge in [0.05, 0.1) is 0 Å². The van der Waals surface area contributed by atoms with Crippen LogP contribution in [0.1, 0.15) is 103 Å². The maximum Gasteiger partial charge on any atom is 3.00 e. The average molecular weight is 382 g/mol. The Morgan fingerprint density at radius 3 is 1.23 bits per heavy atom. The van der Waals surface area contributed by atoms with Crippen molar-refractivity contribution in [1.82, 2.24) is 0 Å². The van der Waals surface area contributed by atoms with Crippen molar-refractivity contribution in [3.63, 3.8) is 0 Å². The molecule has 2 aliphatic rings. The summed E-state index contributed by atoms with van der Waals surface area (Å²) in [7, 11) is 0. The van der Waals surface area contributed by atoms with Crippen LogP contribution in [0.25, 0.3) is 0 Å². The monoisotopic (exact) mass is 382 g/mol. The Kier molecular flexibility index (Phi) is 19.0. The van der Waals surface area contributed by atoms with Crippen LogP contribution < -0.4 is 10.2 Å². The summed E-state index contributed by atoms with van der Waals surface area (Å²) in [6.07, 6.45) is 17.7. The molecule has 0 radical (unpaired) electrons. The first-order chi connectivity index (χ1) is 11.6. The van der Waals surface area contributed by atoms with Crippen molar-refractivity contribution in [2.45, 2.75) is 103 Å². The Morgan fingerprint density at radius 2 is 0.962 bits per heavy atom. The Labute approximate surface area is 169 Å². The average Bonchev–Trinajstić information content (AvgIpc) is 2.57. The second kappa shape index (κ2) is 17.8. The molecule has 0 aromatic heterocycles. The summed E-state index contributed by atoms with van der Waals surface area (Å²) in [5.41, 5.74) is 0. The summed E-state index contributed by atoms with van der Waals surface area (Å²) in [6, 6.07) is 0. The van der Waals surface area contributed by atoms with Gasteiger partial charge in [-0.1, -0.05) is 77.0 Å². The summed E-state index contributed by atoms with van der Waals surface area (Å²) < 4.78 is 0. The van der Waals surface area contributed by atoms with Gasteiger partial charge in [-0.2, -0.15) is 0 Å². The molecule has 2 saturated carbocycles. The Hall–Kier alpha value is -0.568. The van der Waals surface area contributed by atoms with Crippen LogP contribution in [-0.4, -0.2) is 34.8 Å². The number of rotatable bonds is 8. The standard InChI is InChI=1S/2C10H18O2.Al.H2O/c2*11-10(12)8-4-7-9-5-2-1-3-6-9;;/h2*9H,1-8H2,(H,11,12);;1H2/q;;+3;/p-3. The largest absolute Gasteiger partial charge is 3.00 e. The zero-order valence-electron chi connectivity index (χ0n) is 16.1. The normalized spacial score (nSPS) is 17.8. The van der Waals surface area contributed by atoms with Gasteiger partial charge in [-0.25, -0.2) is 0 Å². The molecular formula is C20H35AlO5. The maximum atomic E-state index is 10.1. The molecule has 0 amide bonds. The topological polar surface area (TPSA) is 110 Å². The molecule has 2 aliphatic carbocycles. The minimum Gasteiger partial charge on any atom is -0.870 e. The van der Waals surface area contributed by atoms with Crippen molar-refractivity contribution >= 4 is 29.3 Å². The van der Waals surface area contributed by atoms with Crippen molar-refractivity contribution in [3.05, 3.63) is 0 Å². The van der Waals surface area contributed by atoms with Gasteiger partial charge >= 0.3 is 17.4 Å². The van der Waals surface area contributed by atoms with Crippen LogP contribution in [0, 0.1) is 11.8 Å². The number of hydrogen-bond acceptors (Lipinski definition) is 5. The molecule has 26 heavy (non-hydrogen) atoms. The molecule has 0 aromatic carbocycles. The van der Waals surface area contributed by atoms with Gasteiger partial charge < -0.3 is 25.3 Å². The predicted octanol–water partition coefficient (Wildman–Crippen LogP) is 2.42. The van der Waals surface area contributed by atoms with Gasteiger partial charge in [-0.3, -0.25) is 0 Å². The first-order valence-electron chi connectivity index (χ1n) is 9.97. The van der Waals surface area contributed by atoms with E-state index in [9.17, 15) is 19.8 Å². The number of carbonyl (C=O) groups excluding carboxylic acids is 2. The zero-order chi connectivity index (χ0) is 17.6. The first kappa shape index (κ1) is 27.6. The van der Waals surface area contributed by atoms with Crippen LogP contribution in [0.3, 0.4) is 0 Å². The van der Waals surface area contributed by atoms with Gasteiger partial charge in [0.25, 0.3) is 0 Å². The number of carboxylic acids is 2.